The van der Waals surface area contributed by atoms with Crippen molar-refractivity contribution in [3.05, 3.63) is 0 Å². The fraction of sp³-hybridized carbons (Fsp3) is 0.905. The zero-order chi connectivity index (χ0) is 37.3. The van der Waals surface area contributed by atoms with Crippen molar-refractivity contribution in [1.82, 2.24) is 0 Å². The van der Waals surface area contributed by atoms with Gasteiger partial charge in [-0.25, -0.2) is 24.2 Å². The summed E-state index contributed by atoms with van der Waals surface area (Å²) >= 11 is 0. The number of carbonyl (C=O) groups excluding carboxylic acids is 2. The molecular formula is C42H72Cl2N4O3S. The largest absolute Gasteiger partial charge is 0.300 e. The summed E-state index contributed by atoms with van der Waals surface area (Å²) in [5.74, 6) is 2.37. The first-order valence-corrected chi connectivity index (χ1v) is 24.2. The van der Waals surface area contributed by atoms with Gasteiger partial charge < -0.3 is 0 Å². The summed E-state index contributed by atoms with van der Waals surface area (Å²) in [6.45, 7) is 1.69. The van der Waals surface area contributed by atoms with E-state index in [4.69, 9.17) is 4.21 Å². The standard InChI is InChI=1S/C23H40O2.C19H32N4.Cl2OS/c24-22(18-20-12-6-4-7-13-20)16-10-2-1-3-11-17-23(25)19-21-14-8-5-9-15-21;1-4-10-18(11-5-1)22-16-20-14-8-3-9-15-21-17-23-19-12-6-2-7-13-19;1-4(2)3/h20-21H,1-19H2;18-19H,1-15H2;. The molecule has 52 heavy (non-hydrogen) atoms. The Kier molecular flexibility index (Phi) is 30.0. The highest BCUT2D eigenvalue weighted by atomic mass is 36.0. The molecular weight excluding hydrogens is 711 g/mol. The van der Waals surface area contributed by atoms with Gasteiger partial charge in [0, 0.05) is 60.1 Å². The van der Waals surface area contributed by atoms with E-state index in [-0.39, 0.29) is 0 Å². The molecule has 298 valence electrons. The highest BCUT2D eigenvalue weighted by Gasteiger charge is 2.18. The van der Waals surface area contributed by atoms with Gasteiger partial charge in [0.25, 0.3) is 0 Å². The molecule has 7 nitrogen and oxygen atoms in total. The smallest absolute Gasteiger partial charge is 0.211 e. The van der Waals surface area contributed by atoms with Crippen LogP contribution in [0.25, 0.3) is 0 Å². The molecule has 0 aliphatic heterocycles. The van der Waals surface area contributed by atoms with Crippen LogP contribution >= 0.6 is 21.4 Å². The maximum atomic E-state index is 12.0. The van der Waals surface area contributed by atoms with Crippen molar-refractivity contribution in [2.45, 2.75) is 218 Å². The van der Waals surface area contributed by atoms with Crippen LogP contribution in [-0.2, 0) is 18.8 Å². The summed E-state index contributed by atoms with van der Waals surface area (Å²) in [5.41, 5.74) is 0. The van der Waals surface area contributed by atoms with E-state index in [9.17, 15) is 9.59 Å². The summed E-state index contributed by atoms with van der Waals surface area (Å²) in [4.78, 5) is 41.5. The molecule has 4 rings (SSSR count). The molecule has 0 unspecified atom stereocenters. The van der Waals surface area contributed by atoms with Crippen LogP contribution in [0.1, 0.15) is 205 Å². The molecule has 4 fully saturated rings. The molecule has 4 aliphatic rings. The first kappa shape index (κ1) is 47.0. The first-order chi connectivity index (χ1) is 25.4. The lowest BCUT2D eigenvalue weighted by Gasteiger charge is -2.20. The second kappa shape index (κ2) is 33.2. The molecule has 4 saturated carbocycles. The Morgan fingerprint density at radius 1 is 0.481 bits per heavy atom. The number of unbranched alkanes of at least 4 members (excludes halogenated alkanes) is 6. The molecule has 0 spiro atoms. The van der Waals surface area contributed by atoms with Crippen LogP contribution in [0.4, 0.5) is 0 Å². The Morgan fingerprint density at radius 3 is 1.15 bits per heavy atom. The Morgan fingerprint density at radius 2 is 0.788 bits per heavy atom. The van der Waals surface area contributed by atoms with Crippen molar-refractivity contribution in [2.75, 3.05) is 13.1 Å². The molecule has 0 aromatic carbocycles. The van der Waals surface area contributed by atoms with E-state index in [1.54, 1.807) is 0 Å². The zero-order valence-electron chi connectivity index (χ0n) is 32.5. The molecule has 4 aliphatic carbocycles. The summed E-state index contributed by atoms with van der Waals surface area (Å²) in [7, 11) is 7.36. The number of carbonyl (C=O) groups is 2. The average molecular weight is 784 g/mol. The molecule has 0 aromatic rings. The minimum absolute atomic E-state index is 0.491. The second-order valence-corrected chi connectivity index (χ2v) is 18.3. The van der Waals surface area contributed by atoms with Gasteiger partial charge in [-0.15, -0.1) is 0 Å². The van der Waals surface area contributed by atoms with E-state index in [1.807, 2.05) is 0 Å². The predicted molar refractivity (Wildman–Crippen MR) is 222 cm³/mol. The third-order valence-electron chi connectivity index (χ3n) is 11.2. The molecule has 10 heteroatoms. The number of aliphatic imine (C=N–C) groups is 4. The van der Waals surface area contributed by atoms with Crippen LogP contribution in [0, 0.1) is 11.8 Å². The Hall–Kier alpha value is -1.17. The van der Waals surface area contributed by atoms with Gasteiger partial charge >= 0.3 is 0 Å². The molecule has 0 radical (unpaired) electrons. The number of halogens is 2. The van der Waals surface area contributed by atoms with Gasteiger partial charge in [-0.05, 0) is 69.6 Å². The topological polar surface area (TPSA) is 101 Å². The Labute approximate surface area is 329 Å². The number of rotatable bonds is 20. The summed E-state index contributed by atoms with van der Waals surface area (Å²) in [6, 6.07) is 6.79. The predicted octanol–water partition coefficient (Wildman–Crippen LogP) is 13.0. The second-order valence-electron chi connectivity index (χ2n) is 15.8. The summed E-state index contributed by atoms with van der Waals surface area (Å²) < 4.78 is 9.09. The van der Waals surface area contributed by atoms with Crippen LogP contribution in [0.5, 0.6) is 0 Å². The van der Waals surface area contributed by atoms with E-state index < -0.39 is 9.23 Å². The van der Waals surface area contributed by atoms with Crippen molar-refractivity contribution < 1.29 is 13.8 Å². The van der Waals surface area contributed by atoms with E-state index in [1.165, 1.54) is 135 Å². The molecule has 0 amide bonds. The van der Waals surface area contributed by atoms with E-state index in [2.05, 4.69) is 53.4 Å². The normalized spacial score (nSPS) is 18.8. The van der Waals surface area contributed by atoms with Crippen LogP contribution in [0.2, 0.25) is 0 Å². The highest BCUT2D eigenvalue weighted by molar-refractivity contribution is 8.26. The van der Waals surface area contributed by atoms with Gasteiger partial charge in [0.05, 0.1) is 24.1 Å². The fourth-order valence-corrected chi connectivity index (χ4v) is 8.13. The van der Waals surface area contributed by atoms with Gasteiger partial charge in [0.1, 0.15) is 11.6 Å². The van der Waals surface area contributed by atoms with Crippen LogP contribution in [0.15, 0.2) is 20.0 Å². The minimum atomic E-state index is -1.67. The average Bonchev–Trinajstić information content (AvgIpc) is 3.15. The number of Topliss-reactive ketones (excluding diaryl/α,β-unsaturated/α-hetero) is 2. The molecule has 0 heterocycles. The lowest BCUT2D eigenvalue weighted by atomic mass is 9.85. The van der Waals surface area contributed by atoms with Crippen molar-refractivity contribution in [3.63, 3.8) is 0 Å². The Balaban J connectivity index is 0.000000327. The fourth-order valence-electron chi connectivity index (χ4n) is 8.13. The van der Waals surface area contributed by atoms with Crippen molar-refractivity contribution in [3.8, 4) is 0 Å². The molecule has 0 saturated heterocycles. The van der Waals surface area contributed by atoms with E-state index in [0.717, 1.165) is 83.7 Å². The van der Waals surface area contributed by atoms with E-state index in [0.29, 0.717) is 35.5 Å². The molecule has 0 N–H and O–H groups in total. The zero-order valence-corrected chi connectivity index (χ0v) is 34.9. The van der Waals surface area contributed by atoms with Gasteiger partial charge in [-0.3, -0.25) is 9.59 Å². The summed E-state index contributed by atoms with van der Waals surface area (Å²) in [5, 5.41) is 0. The van der Waals surface area contributed by atoms with Crippen molar-refractivity contribution >= 4 is 54.2 Å². The van der Waals surface area contributed by atoms with Gasteiger partial charge in [0.15, 0.2) is 0 Å². The summed E-state index contributed by atoms with van der Waals surface area (Å²) in [6.07, 6.45) is 38.3. The van der Waals surface area contributed by atoms with Gasteiger partial charge in [-0.1, -0.05) is 122 Å². The number of ketones is 2. The maximum absolute atomic E-state index is 12.0. The monoisotopic (exact) mass is 782 g/mol. The number of hydrogen-bond acceptors (Lipinski definition) is 7. The minimum Gasteiger partial charge on any atom is -0.300 e. The first-order valence-electron chi connectivity index (χ1n) is 21.4. The number of nitrogens with zero attached hydrogens (tertiary/aromatic N) is 4. The Bertz CT molecular complexity index is 989. The van der Waals surface area contributed by atoms with Crippen LogP contribution in [0.3, 0.4) is 0 Å². The van der Waals surface area contributed by atoms with Crippen molar-refractivity contribution in [1.29, 1.82) is 0 Å². The van der Waals surface area contributed by atoms with Crippen molar-refractivity contribution in [2.24, 2.45) is 31.8 Å². The molecule has 0 bridgehead atoms. The maximum Gasteiger partial charge on any atom is 0.211 e. The quantitative estimate of drug-likeness (QED) is 0.0698. The molecule has 0 aromatic heterocycles. The lowest BCUT2D eigenvalue weighted by molar-refractivity contribution is -0.121. The third-order valence-corrected chi connectivity index (χ3v) is 11.2. The highest BCUT2D eigenvalue weighted by Crippen LogP contribution is 2.28. The SMILES string of the molecule is C(=NCCCCCN=C=NC1CCCCC1)=NC1CCCCC1.O=C(CCCCCCCC(=O)CC1CCCCC1)CC1CCCCC1.O=S(Cl)Cl. The van der Waals surface area contributed by atoms with Gasteiger partial charge in [0.2, 0.25) is 9.23 Å². The van der Waals surface area contributed by atoms with Crippen LogP contribution < -0.4 is 0 Å². The van der Waals surface area contributed by atoms with Gasteiger partial charge in [-0.2, -0.15) is 0 Å². The third kappa shape index (κ3) is 28.3. The van der Waals surface area contributed by atoms with E-state index >= 15 is 0 Å². The molecule has 0 atom stereocenters. The lowest BCUT2D eigenvalue weighted by Crippen LogP contribution is -2.12. The number of hydrogen-bond donors (Lipinski definition) is 0. The van der Waals surface area contributed by atoms with Crippen LogP contribution in [-0.4, -0.2) is 53.0 Å².